The molecule has 0 bridgehead atoms. The summed E-state index contributed by atoms with van der Waals surface area (Å²) in [6, 6.07) is 9.83. The Balaban J connectivity index is 2.20. The van der Waals surface area contributed by atoms with Gasteiger partial charge in [-0.1, -0.05) is 32.9 Å². The summed E-state index contributed by atoms with van der Waals surface area (Å²) in [5.41, 5.74) is 0.691. The van der Waals surface area contributed by atoms with E-state index in [0.29, 0.717) is 0 Å². The Morgan fingerprint density at radius 2 is 1.69 bits per heavy atom. The van der Waals surface area contributed by atoms with Gasteiger partial charge in [0.25, 0.3) is 10.0 Å². The van der Waals surface area contributed by atoms with E-state index in [4.69, 9.17) is 0 Å². The molecule has 5 nitrogen and oxygen atoms in total. The highest BCUT2D eigenvalue weighted by molar-refractivity contribution is 7.90. The predicted octanol–water partition coefficient (Wildman–Crippen LogP) is 4.01. The van der Waals surface area contributed by atoms with Crippen LogP contribution in [-0.4, -0.2) is 23.5 Å². The minimum absolute atomic E-state index is 0.0312. The first-order valence-corrected chi connectivity index (χ1v) is 9.36. The van der Waals surface area contributed by atoms with Crippen molar-refractivity contribution >= 4 is 26.9 Å². The Kier molecular flexibility index (Phi) is 4.15. The van der Waals surface area contributed by atoms with Crippen LogP contribution in [-0.2, 0) is 15.4 Å². The van der Waals surface area contributed by atoms with Crippen LogP contribution < -0.4 is 0 Å². The zero-order valence-corrected chi connectivity index (χ0v) is 15.3. The van der Waals surface area contributed by atoms with Crippen LogP contribution in [0.25, 0.3) is 10.9 Å². The number of nitrogens with zero attached hydrogens (tertiary/aromatic N) is 1. The summed E-state index contributed by atoms with van der Waals surface area (Å²) in [7, 11) is -4.02. The molecular formula is C19H18FNO4S. The standard InChI is InChI=1S/C19H18FNO4S/c1-19(2,3)12-4-7-14(8-5-12)26(24,25)21-11-16(18(22)23)15-10-13(20)6-9-17(15)21/h4-11H,1-3H3,(H,22,23). The normalized spacial score (nSPS) is 12.5. The molecule has 1 N–H and O–H groups in total. The second kappa shape index (κ2) is 5.95. The van der Waals surface area contributed by atoms with Gasteiger partial charge in [-0.05, 0) is 41.3 Å². The van der Waals surface area contributed by atoms with Gasteiger partial charge in [0.1, 0.15) is 5.82 Å². The van der Waals surface area contributed by atoms with Gasteiger partial charge in [-0.25, -0.2) is 21.6 Å². The highest BCUT2D eigenvalue weighted by Crippen LogP contribution is 2.28. The Hall–Kier alpha value is -2.67. The maximum atomic E-state index is 13.5. The summed E-state index contributed by atoms with van der Waals surface area (Å²) in [6.45, 7) is 6.05. The van der Waals surface area contributed by atoms with Crippen molar-refractivity contribution in [3.05, 3.63) is 65.6 Å². The van der Waals surface area contributed by atoms with Gasteiger partial charge in [0.05, 0.1) is 16.0 Å². The van der Waals surface area contributed by atoms with Gasteiger partial charge in [-0.2, -0.15) is 0 Å². The number of carboxylic acids is 1. The minimum atomic E-state index is -4.02. The third kappa shape index (κ3) is 2.99. The van der Waals surface area contributed by atoms with E-state index < -0.39 is 21.8 Å². The lowest BCUT2D eigenvalue weighted by Crippen LogP contribution is -2.14. The number of hydrogen-bond donors (Lipinski definition) is 1. The highest BCUT2D eigenvalue weighted by Gasteiger charge is 2.24. The predicted molar refractivity (Wildman–Crippen MR) is 96.6 cm³/mol. The zero-order chi connectivity index (χ0) is 19.3. The fourth-order valence-corrected chi connectivity index (χ4v) is 4.15. The molecule has 0 aliphatic rings. The van der Waals surface area contributed by atoms with Crippen LogP contribution in [0.2, 0.25) is 0 Å². The van der Waals surface area contributed by atoms with E-state index in [1.54, 1.807) is 12.1 Å². The van der Waals surface area contributed by atoms with Gasteiger partial charge in [0.15, 0.2) is 0 Å². The second-order valence-corrected chi connectivity index (χ2v) is 8.90. The van der Waals surface area contributed by atoms with Gasteiger partial charge in [-0.15, -0.1) is 0 Å². The Morgan fingerprint density at radius 3 is 2.23 bits per heavy atom. The maximum absolute atomic E-state index is 13.5. The number of rotatable bonds is 3. The first-order chi connectivity index (χ1) is 12.0. The fraction of sp³-hybridized carbons (Fsp3) is 0.211. The number of hydrogen-bond acceptors (Lipinski definition) is 3. The average Bonchev–Trinajstić information content (AvgIpc) is 2.93. The molecule has 1 heterocycles. The summed E-state index contributed by atoms with van der Waals surface area (Å²) in [5, 5.41) is 9.35. The van der Waals surface area contributed by atoms with E-state index in [2.05, 4.69) is 0 Å². The van der Waals surface area contributed by atoms with Crippen molar-refractivity contribution in [1.29, 1.82) is 0 Å². The smallest absolute Gasteiger partial charge is 0.337 e. The Labute approximate surface area is 150 Å². The molecule has 7 heteroatoms. The monoisotopic (exact) mass is 375 g/mol. The molecule has 0 saturated heterocycles. The number of carboxylic acid groups (broad SMARTS) is 1. The maximum Gasteiger partial charge on any atom is 0.337 e. The molecule has 3 rings (SSSR count). The second-order valence-electron chi connectivity index (χ2n) is 7.08. The average molecular weight is 375 g/mol. The topological polar surface area (TPSA) is 76.4 Å². The third-order valence-electron chi connectivity index (χ3n) is 4.24. The van der Waals surface area contributed by atoms with Gasteiger partial charge in [0.2, 0.25) is 0 Å². The number of aromatic carboxylic acids is 1. The molecule has 0 amide bonds. The van der Waals surface area contributed by atoms with E-state index in [-0.39, 0.29) is 26.8 Å². The summed E-state index contributed by atoms with van der Waals surface area (Å²) >= 11 is 0. The lowest BCUT2D eigenvalue weighted by molar-refractivity contribution is 0.0699. The Bertz CT molecular complexity index is 1110. The molecule has 0 atom stereocenters. The molecule has 0 saturated carbocycles. The van der Waals surface area contributed by atoms with Crippen LogP contribution in [0.5, 0.6) is 0 Å². The number of benzene rings is 2. The van der Waals surface area contributed by atoms with Gasteiger partial charge in [0, 0.05) is 11.6 Å². The van der Waals surface area contributed by atoms with Crippen LogP contribution in [0.15, 0.2) is 53.6 Å². The quantitative estimate of drug-likeness (QED) is 0.750. The van der Waals surface area contributed by atoms with Crippen molar-refractivity contribution in [2.75, 3.05) is 0 Å². The van der Waals surface area contributed by atoms with Gasteiger partial charge in [-0.3, -0.25) is 0 Å². The number of halogens is 1. The van der Waals surface area contributed by atoms with Crippen LogP contribution in [0, 0.1) is 5.82 Å². The number of aromatic nitrogens is 1. The molecule has 2 aromatic carbocycles. The molecule has 0 aliphatic carbocycles. The molecule has 26 heavy (non-hydrogen) atoms. The van der Waals surface area contributed by atoms with Crippen molar-refractivity contribution in [3.63, 3.8) is 0 Å². The molecule has 0 unspecified atom stereocenters. The number of carbonyl (C=O) groups is 1. The van der Waals surface area contributed by atoms with E-state index in [1.165, 1.54) is 18.2 Å². The van der Waals surface area contributed by atoms with Crippen molar-refractivity contribution in [1.82, 2.24) is 3.97 Å². The molecule has 136 valence electrons. The third-order valence-corrected chi connectivity index (χ3v) is 5.93. The fourth-order valence-electron chi connectivity index (χ4n) is 2.78. The highest BCUT2D eigenvalue weighted by atomic mass is 32.2. The van der Waals surface area contributed by atoms with E-state index in [1.807, 2.05) is 20.8 Å². The van der Waals surface area contributed by atoms with Crippen molar-refractivity contribution in [3.8, 4) is 0 Å². The Morgan fingerprint density at radius 1 is 1.08 bits per heavy atom. The van der Waals surface area contributed by atoms with Crippen LogP contribution in [0.1, 0.15) is 36.7 Å². The lowest BCUT2D eigenvalue weighted by atomic mass is 9.87. The summed E-state index contributed by atoms with van der Waals surface area (Å²) in [5.74, 6) is -1.96. The summed E-state index contributed by atoms with van der Waals surface area (Å²) < 4.78 is 40.4. The van der Waals surface area contributed by atoms with Crippen LogP contribution in [0.3, 0.4) is 0 Å². The van der Waals surface area contributed by atoms with Crippen molar-refractivity contribution in [2.24, 2.45) is 0 Å². The molecule has 3 aromatic rings. The molecule has 0 radical (unpaired) electrons. The molecule has 0 fully saturated rings. The first-order valence-electron chi connectivity index (χ1n) is 7.92. The molecular weight excluding hydrogens is 357 g/mol. The molecule has 0 spiro atoms. The summed E-state index contributed by atoms with van der Waals surface area (Å²) in [4.78, 5) is 11.5. The van der Waals surface area contributed by atoms with Crippen LogP contribution >= 0.6 is 0 Å². The minimum Gasteiger partial charge on any atom is -0.478 e. The molecule has 1 aromatic heterocycles. The molecule has 0 aliphatic heterocycles. The first kappa shape index (κ1) is 18.1. The summed E-state index contributed by atoms with van der Waals surface area (Å²) in [6.07, 6.45) is 1.01. The van der Waals surface area contributed by atoms with Crippen molar-refractivity contribution < 1.29 is 22.7 Å². The van der Waals surface area contributed by atoms with E-state index in [9.17, 15) is 22.7 Å². The largest absolute Gasteiger partial charge is 0.478 e. The zero-order valence-electron chi connectivity index (χ0n) is 14.5. The van der Waals surface area contributed by atoms with Crippen LogP contribution in [0.4, 0.5) is 4.39 Å². The lowest BCUT2D eigenvalue weighted by Gasteiger charge is -2.19. The van der Waals surface area contributed by atoms with E-state index >= 15 is 0 Å². The SMILES string of the molecule is CC(C)(C)c1ccc(S(=O)(=O)n2cc(C(=O)O)c3cc(F)ccc32)cc1. The van der Waals surface area contributed by atoms with E-state index in [0.717, 1.165) is 27.9 Å². The van der Waals surface area contributed by atoms with Crippen molar-refractivity contribution in [2.45, 2.75) is 31.1 Å². The van der Waals surface area contributed by atoms with Gasteiger partial charge >= 0.3 is 5.97 Å². The van der Waals surface area contributed by atoms with Gasteiger partial charge < -0.3 is 5.11 Å². The number of fused-ring (bicyclic) bond motifs is 1.